The van der Waals surface area contributed by atoms with Crippen LogP contribution in [-0.2, 0) is 4.79 Å². The van der Waals surface area contributed by atoms with E-state index in [4.69, 9.17) is 5.73 Å². The second-order valence-corrected chi connectivity index (χ2v) is 5.29. The Hall–Kier alpha value is -0.610. The van der Waals surface area contributed by atoms with Crippen LogP contribution in [0.3, 0.4) is 0 Å². The van der Waals surface area contributed by atoms with Crippen LogP contribution in [0.1, 0.15) is 38.5 Å². The topological polar surface area (TPSA) is 58.4 Å². The summed E-state index contributed by atoms with van der Waals surface area (Å²) < 4.78 is 0. The van der Waals surface area contributed by atoms with Crippen LogP contribution in [0, 0.1) is 0 Å². The zero-order chi connectivity index (χ0) is 11.5. The molecular formula is C12H23N3O. The molecule has 1 heterocycles. The number of hydrogen-bond donors (Lipinski definition) is 2. The number of amides is 1. The smallest absolute Gasteiger partial charge is 0.222 e. The van der Waals surface area contributed by atoms with Crippen LogP contribution in [0.4, 0.5) is 0 Å². The van der Waals surface area contributed by atoms with E-state index in [2.05, 4.69) is 5.32 Å². The number of likely N-dealkylation sites (N-methyl/N-ethyl adjacent to an activating group) is 1. The molecule has 4 nitrogen and oxygen atoms in total. The molecule has 0 spiro atoms. The predicted octanol–water partition coefficient (Wildman–Crippen LogP) is 0.467. The van der Waals surface area contributed by atoms with Gasteiger partial charge in [-0.1, -0.05) is 0 Å². The Balaban J connectivity index is 1.75. The fourth-order valence-corrected chi connectivity index (χ4v) is 2.77. The van der Waals surface area contributed by atoms with E-state index in [0.717, 1.165) is 25.8 Å². The number of nitrogens with zero attached hydrogens (tertiary/aromatic N) is 1. The number of likely N-dealkylation sites (tertiary alicyclic amines) is 1. The van der Waals surface area contributed by atoms with Crippen LogP contribution in [0.5, 0.6) is 0 Å². The van der Waals surface area contributed by atoms with E-state index in [1.54, 1.807) is 0 Å². The van der Waals surface area contributed by atoms with Gasteiger partial charge in [0.15, 0.2) is 0 Å². The van der Waals surface area contributed by atoms with Crippen molar-refractivity contribution in [2.75, 3.05) is 13.6 Å². The summed E-state index contributed by atoms with van der Waals surface area (Å²) >= 11 is 0. The van der Waals surface area contributed by atoms with Crippen LogP contribution in [0.25, 0.3) is 0 Å². The quantitative estimate of drug-likeness (QED) is 0.718. The molecule has 1 saturated heterocycles. The maximum absolute atomic E-state index is 11.4. The first-order valence-electron chi connectivity index (χ1n) is 6.40. The minimum absolute atomic E-state index is 0.281. The highest BCUT2D eigenvalue weighted by atomic mass is 16.2. The van der Waals surface area contributed by atoms with Gasteiger partial charge in [-0.25, -0.2) is 0 Å². The molecular weight excluding hydrogens is 202 g/mol. The number of carbonyl (C=O) groups is 1. The monoisotopic (exact) mass is 225 g/mol. The van der Waals surface area contributed by atoms with E-state index in [0.29, 0.717) is 24.5 Å². The normalized spacial score (nSPS) is 36.5. The van der Waals surface area contributed by atoms with E-state index < -0.39 is 0 Å². The summed E-state index contributed by atoms with van der Waals surface area (Å²) in [6.07, 6.45) is 6.34. The Labute approximate surface area is 97.6 Å². The molecule has 2 fully saturated rings. The molecule has 1 aliphatic heterocycles. The third-order valence-electron chi connectivity index (χ3n) is 3.87. The van der Waals surface area contributed by atoms with E-state index in [-0.39, 0.29) is 5.91 Å². The Morgan fingerprint density at radius 2 is 1.88 bits per heavy atom. The van der Waals surface area contributed by atoms with Gasteiger partial charge in [-0.2, -0.15) is 0 Å². The average molecular weight is 225 g/mol. The molecule has 1 amide bonds. The lowest BCUT2D eigenvalue weighted by molar-refractivity contribution is -0.132. The lowest BCUT2D eigenvalue weighted by Crippen LogP contribution is -2.51. The van der Waals surface area contributed by atoms with Gasteiger partial charge in [0, 0.05) is 38.1 Å². The molecule has 1 unspecified atom stereocenters. The molecule has 92 valence electrons. The summed E-state index contributed by atoms with van der Waals surface area (Å²) in [6.45, 7) is 0.862. The highest BCUT2D eigenvalue weighted by molar-refractivity contribution is 5.76. The zero-order valence-electron chi connectivity index (χ0n) is 10.1. The summed E-state index contributed by atoms with van der Waals surface area (Å²) in [6, 6.07) is 1.52. The Morgan fingerprint density at radius 1 is 1.19 bits per heavy atom. The highest BCUT2D eigenvalue weighted by Crippen LogP contribution is 2.19. The van der Waals surface area contributed by atoms with Gasteiger partial charge in [0.05, 0.1) is 0 Å². The molecule has 4 heteroatoms. The van der Waals surface area contributed by atoms with Crippen LogP contribution in [0.15, 0.2) is 0 Å². The zero-order valence-corrected chi connectivity index (χ0v) is 10.1. The van der Waals surface area contributed by atoms with Gasteiger partial charge < -0.3 is 16.0 Å². The van der Waals surface area contributed by atoms with Crippen molar-refractivity contribution in [2.24, 2.45) is 5.73 Å². The molecule has 0 aromatic rings. The molecule has 1 aliphatic carbocycles. The van der Waals surface area contributed by atoms with Crippen molar-refractivity contribution in [2.45, 2.75) is 56.7 Å². The lowest BCUT2D eigenvalue weighted by Gasteiger charge is -2.35. The first-order chi connectivity index (χ1) is 7.65. The van der Waals surface area contributed by atoms with Crippen molar-refractivity contribution < 1.29 is 4.79 Å². The minimum atomic E-state index is 0.281. The summed E-state index contributed by atoms with van der Waals surface area (Å²) in [5.74, 6) is 0.281. The third-order valence-corrected chi connectivity index (χ3v) is 3.87. The second kappa shape index (κ2) is 5.15. The van der Waals surface area contributed by atoms with Gasteiger partial charge >= 0.3 is 0 Å². The van der Waals surface area contributed by atoms with E-state index in [1.807, 2.05) is 11.9 Å². The largest absolute Gasteiger partial charge is 0.344 e. The fourth-order valence-electron chi connectivity index (χ4n) is 2.77. The Bertz CT molecular complexity index is 249. The molecule has 3 N–H and O–H groups in total. The maximum atomic E-state index is 11.4. The molecule has 0 aromatic heterocycles. The minimum Gasteiger partial charge on any atom is -0.344 e. The molecule has 1 atom stereocenters. The number of rotatable bonds is 2. The van der Waals surface area contributed by atoms with Crippen molar-refractivity contribution in [3.63, 3.8) is 0 Å². The average Bonchev–Trinajstić information content (AvgIpc) is 2.27. The van der Waals surface area contributed by atoms with E-state index in [9.17, 15) is 4.79 Å². The molecule has 2 rings (SSSR count). The van der Waals surface area contributed by atoms with Crippen molar-refractivity contribution in [3.8, 4) is 0 Å². The van der Waals surface area contributed by atoms with Crippen LogP contribution < -0.4 is 11.1 Å². The molecule has 16 heavy (non-hydrogen) atoms. The van der Waals surface area contributed by atoms with Gasteiger partial charge in [0.2, 0.25) is 5.91 Å². The van der Waals surface area contributed by atoms with Gasteiger partial charge in [0.25, 0.3) is 0 Å². The summed E-state index contributed by atoms with van der Waals surface area (Å²) in [7, 11) is 1.90. The lowest BCUT2D eigenvalue weighted by atomic mass is 9.90. The number of piperidine rings is 1. The first kappa shape index (κ1) is 11.9. The number of nitrogens with one attached hydrogen (secondary N) is 1. The number of carbonyl (C=O) groups excluding carboxylic acids is 1. The Kier molecular flexibility index (Phi) is 3.82. The van der Waals surface area contributed by atoms with Crippen molar-refractivity contribution in [1.29, 1.82) is 0 Å². The molecule has 0 radical (unpaired) electrons. The summed E-state index contributed by atoms with van der Waals surface area (Å²) in [5.41, 5.74) is 5.89. The molecule has 2 aliphatic rings. The molecule has 0 bridgehead atoms. The number of hydrogen-bond acceptors (Lipinski definition) is 3. The standard InChI is InChI=1S/C12H23N3O/c1-15-8-11(6-7-12(15)16)14-10-4-2-9(13)3-5-10/h9-11,14H,2-8,13H2,1H3. The Morgan fingerprint density at radius 3 is 2.50 bits per heavy atom. The van der Waals surface area contributed by atoms with Gasteiger partial charge in [-0.05, 0) is 32.1 Å². The fraction of sp³-hybridized carbons (Fsp3) is 0.917. The van der Waals surface area contributed by atoms with Crippen molar-refractivity contribution >= 4 is 5.91 Å². The van der Waals surface area contributed by atoms with Gasteiger partial charge in [0.1, 0.15) is 0 Å². The van der Waals surface area contributed by atoms with Crippen LogP contribution in [0.2, 0.25) is 0 Å². The summed E-state index contributed by atoms with van der Waals surface area (Å²) in [4.78, 5) is 13.2. The third kappa shape index (κ3) is 2.95. The van der Waals surface area contributed by atoms with Crippen LogP contribution >= 0.6 is 0 Å². The van der Waals surface area contributed by atoms with Crippen molar-refractivity contribution in [1.82, 2.24) is 10.2 Å². The van der Waals surface area contributed by atoms with E-state index in [1.165, 1.54) is 12.8 Å². The van der Waals surface area contributed by atoms with E-state index >= 15 is 0 Å². The van der Waals surface area contributed by atoms with Gasteiger partial charge in [-0.15, -0.1) is 0 Å². The second-order valence-electron chi connectivity index (χ2n) is 5.29. The highest BCUT2D eigenvalue weighted by Gasteiger charge is 2.26. The van der Waals surface area contributed by atoms with Crippen LogP contribution in [-0.4, -0.2) is 42.5 Å². The van der Waals surface area contributed by atoms with Gasteiger partial charge in [-0.3, -0.25) is 4.79 Å². The molecule has 1 saturated carbocycles. The van der Waals surface area contributed by atoms with Crippen molar-refractivity contribution in [3.05, 3.63) is 0 Å². The SMILES string of the molecule is CN1CC(NC2CCC(N)CC2)CCC1=O. The molecule has 0 aromatic carbocycles. The number of nitrogens with two attached hydrogens (primary N) is 1. The maximum Gasteiger partial charge on any atom is 0.222 e. The summed E-state index contributed by atoms with van der Waals surface area (Å²) in [5, 5.41) is 3.68. The first-order valence-corrected chi connectivity index (χ1v) is 6.40. The predicted molar refractivity (Wildman–Crippen MR) is 64.0 cm³/mol.